The Hall–Kier alpha value is -1.72. The Labute approximate surface area is 151 Å². The topological polar surface area (TPSA) is 64.6 Å². The molecule has 1 atom stereocenters. The molecule has 0 heterocycles. The minimum Gasteiger partial charge on any atom is -0.481 e. The van der Waals surface area contributed by atoms with Crippen molar-refractivity contribution in [2.75, 3.05) is 7.11 Å². The second-order valence-corrected chi connectivity index (χ2v) is 6.56. The number of esters is 1. The van der Waals surface area contributed by atoms with Crippen molar-refractivity contribution in [2.24, 2.45) is 0 Å². The third kappa shape index (κ3) is 6.81. The summed E-state index contributed by atoms with van der Waals surface area (Å²) < 4.78 is 10.2. The van der Waals surface area contributed by atoms with Gasteiger partial charge in [0.25, 0.3) is 5.91 Å². The molecular formula is C17H21Cl2NO4. The lowest BCUT2D eigenvalue weighted by Crippen LogP contribution is -2.48. The van der Waals surface area contributed by atoms with Gasteiger partial charge in [0.2, 0.25) is 0 Å². The number of amides is 1. The maximum Gasteiger partial charge on any atom is 0.330 e. The Morgan fingerprint density at radius 2 is 1.83 bits per heavy atom. The third-order valence-corrected chi connectivity index (χ3v) is 3.50. The molecule has 0 saturated carbocycles. The van der Waals surface area contributed by atoms with E-state index in [1.165, 1.54) is 13.2 Å². The van der Waals surface area contributed by atoms with Gasteiger partial charge >= 0.3 is 5.97 Å². The summed E-state index contributed by atoms with van der Waals surface area (Å²) in [5.41, 5.74) is -0.742. The lowest BCUT2D eigenvalue weighted by atomic mass is 10.0. The molecule has 1 rings (SSSR count). The van der Waals surface area contributed by atoms with E-state index in [9.17, 15) is 9.59 Å². The first-order chi connectivity index (χ1) is 11.2. The molecule has 1 N–H and O–H groups in total. The van der Waals surface area contributed by atoms with Gasteiger partial charge in [-0.3, -0.25) is 4.79 Å². The summed E-state index contributed by atoms with van der Waals surface area (Å²) in [6.07, 6.45) is 2.55. The van der Waals surface area contributed by atoms with Crippen molar-refractivity contribution in [3.63, 3.8) is 0 Å². The summed E-state index contributed by atoms with van der Waals surface area (Å²) in [5.74, 6) is -0.389. The van der Waals surface area contributed by atoms with Crippen LogP contribution < -0.4 is 10.1 Å². The van der Waals surface area contributed by atoms with Crippen molar-refractivity contribution in [1.29, 1.82) is 0 Å². The van der Waals surface area contributed by atoms with Crippen LogP contribution in [0, 0.1) is 0 Å². The number of carbonyl (C=O) groups is 2. The Bertz CT molecular complexity index is 609. The molecule has 1 amide bonds. The molecule has 0 bridgehead atoms. The number of nitrogens with one attached hydrogen (secondary N) is 1. The van der Waals surface area contributed by atoms with Crippen LogP contribution in [0.1, 0.15) is 27.2 Å². The predicted molar refractivity (Wildman–Crippen MR) is 94.5 cm³/mol. The Morgan fingerprint density at radius 3 is 2.33 bits per heavy atom. The van der Waals surface area contributed by atoms with Crippen LogP contribution in [0.3, 0.4) is 0 Å². The van der Waals surface area contributed by atoms with Crippen LogP contribution in [0.5, 0.6) is 5.75 Å². The van der Waals surface area contributed by atoms with Crippen LogP contribution in [0.2, 0.25) is 10.0 Å². The Morgan fingerprint density at radius 1 is 1.25 bits per heavy atom. The molecule has 0 unspecified atom stereocenters. The highest BCUT2D eigenvalue weighted by Gasteiger charge is 2.25. The van der Waals surface area contributed by atoms with Gasteiger partial charge in [0.15, 0.2) is 6.10 Å². The zero-order valence-corrected chi connectivity index (χ0v) is 15.6. The van der Waals surface area contributed by atoms with Gasteiger partial charge in [-0.05, 0) is 38.5 Å². The molecule has 1 aromatic carbocycles. The molecule has 0 fully saturated rings. The number of carbonyl (C=O) groups excluding carboxylic acids is 2. The number of methoxy groups -OCH3 is 1. The number of halogens is 2. The average molecular weight is 374 g/mol. The van der Waals surface area contributed by atoms with Gasteiger partial charge in [0.05, 0.1) is 12.6 Å². The molecule has 0 saturated heterocycles. The molecule has 1 aromatic rings. The normalized spacial score (nSPS) is 12.8. The molecule has 24 heavy (non-hydrogen) atoms. The van der Waals surface area contributed by atoms with Gasteiger partial charge in [0.1, 0.15) is 5.75 Å². The lowest BCUT2D eigenvalue weighted by Gasteiger charge is -2.26. The summed E-state index contributed by atoms with van der Waals surface area (Å²) in [4.78, 5) is 23.6. The molecular weight excluding hydrogens is 353 g/mol. The molecule has 0 aliphatic heterocycles. The van der Waals surface area contributed by atoms with Gasteiger partial charge in [0, 0.05) is 16.1 Å². The molecule has 132 valence electrons. The van der Waals surface area contributed by atoms with Crippen molar-refractivity contribution in [3.8, 4) is 5.75 Å². The number of hydrogen-bond donors (Lipinski definition) is 1. The SMILES string of the molecule is CC[C@H](Oc1cc(Cl)cc(Cl)c1)C(=O)NC(C)(C)/C=C/C(=O)OC. The molecule has 0 spiro atoms. The number of benzene rings is 1. The van der Waals surface area contributed by atoms with E-state index in [1.807, 2.05) is 6.92 Å². The second kappa shape index (κ2) is 8.94. The standard InChI is InChI=1S/C17H21Cl2NO4/c1-5-14(24-13-9-11(18)8-12(19)10-13)16(22)20-17(2,3)7-6-15(21)23-4/h6-10,14H,5H2,1-4H3,(H,20,22)/b7-6+/t14-/m0/s1. The fourth-order valence-corrected chi connectivity index (χ4v) is 2.37. The minimum absolute atomic E-state index is 0.312. The highest BCUT2D eigenvalue weighted by atomic mass is 35.5. The van der Waals surface area contributed by atoms with E-state index in [4.69, 9.17) is 27.9 Å². The monoisotopic (exact) mass is 373 g/mol. The first kappa shape index (κ1) is 20.3. The van der Waals surface area contributed by atoms with E-state index in [0.717, 1.165) is 0 Å². The number of hydrogen-bond acceptors (Lipinski definition) is 4. The van der Waals surface area contributed by atoms with E-state index in [-0.39, 0.29) is 5.91 Å². The zero-order chi connectivity index (χ0) is 18.3. The molecule has 0 aliphatic rings. The van der Waals surface area contributed by atoms with Gasteiger partial charge < -0.3 is 14.8 Å². The predicted octanol–water partition coefficient (Wildman–Crippen LogP) is 3.77. The van der Waals surface area contributed by atoms with Crippen molar-refractivity contribution < 1.29 is 19.1 Å². The van der Waals surface area contributed by atoms with Crippen molar-refractivity contribution in [1.82, 2.24) is 5.32 Å². The van der Waals surface area contributed by atoms with E-state index < -0.39 is 17.6 Å². The summed E-state index contributed by atoms with van der Waals surface area (Å²) in [7, 11) is 1.29. The molecule has 5 nitrogen and oxygen atoms in total. The van der Waals surface area contributed by atoms with Crippen LogP contribution in [0.25, 0.3) is 0 Å². The van der Waals surface area contributed by atoms with Gasteiger partial charge in [-0.2, -0.15) is 0 Å². The Balaban J connectivity index is 2.79. The summed E-state index contributed by atoms with van der Waals surface area (Å²) >= 11 is 11.9. The first-order valence-electron chi connectivity index (χ1n) is 7.39. The van der Waals surface area contributed by atoms with Crippen molar-refractivity contribution in [2.45, 2.75) is 38.8 Å². The smallest absolute Gasteiger partial charge is 0.330 e. The number of ether oxygens (including phenoxy) is 2. The lowest BCUT2D eigenvalue weighted by molar-refractivity contribution is -0.135. The first-order valence-corrected chi connectivity index (χ1v) is 8.14. The van der Waals surface area contributed by atoms with E-state index in [2.05, 4.69) is 10.1 Å². The minimum atomic E-state index is -0.742. The van der Waals surface area contributed by atoms with Crippen LogP contribution >= 0.6 is 23.2 Å². The van der Waals surface area contributed by atoms with E-state index in [1.54, 1.807) is 38.1 Å². The fourth-order valence-electron chi connectivity index (χ4n) is 1.87. The summed E-state index contributed by atoms with van der Waals surface area (Å²) in [6, 6.07) is 4.76. The van der Waals surface area contributed by atoms with E-state index >= 15 is 0 Å². The quantitative estimate of drug-likeness (QED) is 0.583. The summed E-state index contributed by atoms with van der Waals surface area (Å²) in [6.45, 7) is 5.34. The number of rotatable bonds is 7. The fraction of sp³-hybridized carbons (Fsp3) is 0.412. The molecule has 0 aliphatic carbocycles. The molecule has 0 radical (unpaired) electrons. The van der Waals surface area contributed by atoms with Crippen LogP contribution in [0.4, 0.5) is 0 Å². The Kier molecular flexibility index (Phi) is 7.58. The van der Waals surface area contributed by atoms with Crippen LogP contribution in [-0.4, -0.2) is 30.6 Å². The van der Waals surface area contributed by atoms with E-state index in [0.29, 0.717) is 22.2 Å². The van der Waals surface area contributed by atoms with Crippen LogP contribution in [0.15, 0.2) is 30.4 Å². The van der Waals surface area contributed by atoms with Gasteiger partial charge in [-0.25, -0.2) is 4.79 Å². The second-order valence-electron chi connectivity index (χ2n) is 5.69. The van der Waals surface area contributed by atoms with Gasteiger partial charge in [-0.1, -0.05) is 36.2 Å². The molecule has 7 heteroatoms. The highest BCUT2D eigenvalue weighted by molar-refractivity contribution is 6.34. The summed E-state index contributed by atoms with van der Waals surface area (Å²) in [5, 5.41) is 3.66. The maximum absolute atomic E-state index is 12.4. The van der Waals surface area contributed by atoms with Crippen molar-refractivity contribution in [3.05, 3.63) is 40.4 Å². The van der Waals surface area contributed by atoms with Crippen molar-refractivity contribution >= 4 is 35.1 Å². The molecule has 0 aromatic heterocycles. The van der Waals surface area contributed by atoms with Crippen LogP contribution in [-0.2, 0) is 14.3 Å². The average Bonchev–Trinajstić information content (AvgIpc) is 2.48. The highest BCUT2D eigenvalue weighted by Crippen LogP contribution is 2.25. The maximum atomic E-state index is 12.4. The largest absolute Gasteiger partial charge is 0.481 e. The van der Waals surface area contributed by atoms with Gasteiger partial charge in [-0.15, -0.1) is 0 Å². The third-order valence-electron chi connectivity index (χ3n) is 3.06. The zero-order valence-electron chi connectivity index (χ0n) is 14.1.